The Labute approximate surface area is 96.4 Å². The monoisotopic (exact) mass is 233 g/mol. The fraction of sp³-hybridized carbons (Fsp3) is 0.273. The van der Waals surface area contributed by atoms with Crippen molar-refractivity contribution in [2.45, 2.75) is 19.7 Å². The van der Waals surface area contributed by atoms with Crippen LogP contribution in [0, 0.1) is 0 Å². The number of aliphatic hydroxyl groups is 1. The lowest BCUT2D eigenvalue weighted by Gasteiger charge is -2.22. The Morgan fingerprint density at radius 3 is 3.00 bits per heavy atom. The van der Waals surface area contributed by atoms with Crippen LogP contribution in [0.25, 0.3) is 11.5 Å². The Morgan fingerprint density at radius 2 is 2.24 bits per heavy atom. The van der Waals surface area contributed by atoms with E-state index in [1.165, 1.54) is 6.07 Å². The van der Waals surface area contributed by atoms with Crippen LogP contribution in [-0.2, 0) is 19.7 Å². The second kappa shape index (κ2) is 3.46. The molecule has 2 aromatic heterocycles. The van der Waals surface area contributed by atoms with Crippen LogP contribution in [0.4, 0.5) is 0 Å². The molecular weight excluding hydrogens is 222 g/mol. The van der Waals surface area contributed by atoms with Crippen LogP contribution in [0.15, 0.2) is 23.3 Å². The van der Waals surface area contributed by atoms with Crippen LogP contribution in [0.2, 0.25) is 0 Å². The van der Waals surface area contributed by atoms with Gasteiger partial charge in [-0.3, -0.25) is 4.79 Å². The number of imidazole rings is 1. The molecule has 0 saturated carbocycles. The molecule has 0 aliphatic carbocycles. The van der Waals surface area contributed by atoms with Gasteiger partial charge in [0.05, 0.1) is 18.5 Å². The number of aromatic nitrogens is 3. The summed E-state index contributed by atoms with van der Waals surface area (Å²) in [5.74, 6) is 0.235. The average Bonchev–Trinajstić information content (AvgIpc) is 2.76. The zero-order valence-corrected chi connectivity index (χ0v) is 9.00. The predicted molar refractivity (Wildman–Crippen MR) is 59.5 cm³/mol. The van der Waals surface area contributed by atoms with Crippen molar-refractivity contribution in [2.24, 2.45) is 0 Å². The Kier molecular flexibility index (Phi) is 2.05. The summed E-state index contributed by atoms with van der Waals surface area (Å²) in [6.45, 7) is 1.20. The summed E-state index contributed by atoms with van der Waals surface area (Å²) in [6, 6.07) is 1.34. The number of hydrogen-bond acceptors (Lipinski definition) is 4. The molecule has 1 aliphatic heterocycles. The second-order valence-corrected chi connectivity index (χ2v) is 3.95. The highest BCUT2D eigenvalue weighted by Gasteiger charge is 2.23. The number of nitrogens with zero attached hydrogens (tertiary/aromatic N) is 3. The highest BCUT2D eigenvalue weighted by molar-refractivity contribution is 5.61. The van der Waals surface area contributed by atoms with Crippen LogP contribution in [0.5, 0.6) is 5.75 Å². The van der Waals surface area contributed by atoms with Crippen LogP contribution in [-0.4, -0.2) is 24.3 Å². The lowest BCUT2D eigenvalue weighted by molar-refractivity contribution is 0.269. The van der Waals surface area contributed by atoms with Crippen molar-refractivity contribution in [3.63, 3.8) is 0 Å². The van der Waals surface area contributed by atoms with Gasteiger partial charge >= 0.3 is 0 Å². The third kappa shape index (κ3) is 1.31. The number of aliphatic hydroxyl groups excluding tert-OH is 1. The lowest BCUT2D eigenvalue weighted by Crippen LogP contribution is -2.21. The Hall–Kier alpha value is -2.08. The van der Waals surface area contributed by atoms with E-state index in [2.05, 4.69) is 4.98 Å². The quantitative estimate of drug-likeness (QED) is 0.722. The van der Waals surface area contributed by atoms with Gasteiger partial charge in [-0.15, -0.1) is 0 Å². The molecule has 0 bridgehead atoms. The third-order valence-electron chi connectivity index (χ3n) is 3.03. The van der Waals surface area contributed by atoms with E-state index in [0.717, 1.165) is 0 Å². The first-order valence-corrected chi connectivity index (χ1v) is 5.30. The molecule has 0 aromatic carbocycles. The van der Waals surface area contributed by atoms with Crippen LogP contribution < -0.4 is 5.43 Å². The molecule has 0 atom stereocenters. The fourth-order valence-corrected chi connectivity index (χ4v) is 2.17. The van der Waals surface area contributed by atoms with E-state index in [9.17, 15) is 9.90 Å². The molecule has 0 spiro atoms. The minimum atomic E-state index is -0.418. The van der Waals surface area contributed by atoms with Gasteiger partial charge in [0.2, 0.25) is 5.43 Å². The SMILES string of the molecule is O=c1ccn2c(c1O)-c1ncc(CO)n1CC2. The normalized spacial score (nSPS) is 13.2. The van der Waals surface area contributed by atoms with Crippen LogP contribution >= 0.6 is 0 Å². The van der Waals surface area contributed by atoms with Gasteiger partial charge in [0.1, 0.15) is 5.69 Å². The summed E-state index contributed by atoms with van der Waals surface area (Å²) in [7, 11) is 0. The summed E-state index contributed by atoms with van der Waals surface area (Å²) < 4.78 is 3.61. The van der Waals surface area contributed by atoms with E-state index >= 15 is 0 Å². The largest absolute Gasteiger partial charge is 0.503 e. The van der Waals surface area contributed by atoms with Gasteiger partial charge in [-0.05, 0) is 0 Å². The molecule has 3 heterocycles. The summed E-state index contributed by atoms with van der Waals surface area (Å²) >= 11 is 0. The summed E-state index contributed by atoms with van der Waals surface area (Å²) in [5.41, 5.74) is 0.684. The first-order chi connectivity index (χ1) is 8.22. The molecule has 3 rings (SSSR count). The highest BCUT2D eigenvalue weighted by Crippen LogP contribution is 2.29. The van der Waals surface area contributed by atoms with Crippen molar-refractivity contribution in [1.29, 1.82) is 0 Å². The Balaban J connectivity index is 2.32. The highest BCUT2D eigenvalue weighted by atomic mass is 16.3. The fourth-order valence-electron chi connectivity index (χ4n) is 2.17. The molecule has 88 valence electrons. The summed E-state index contributed by atoms with van der Waals surface area (Å²) in [4.78, 5) is 15.6. The Bertz CT molecular complexity index is 642. The van der Waals surface area contributed by atoms with Crippen LogP contribution in [0.1, 0.15) is 5.69 Å². The molecule has 0 unspecified atom stereocenters. The molecule has 1 aliphatic rings. The zero-order valence-electron chi connectivity index (χ0n) is 9.00. The molecule has 6 nitrogen and oxygen atoms in total. The predicted octanol–water partition coefficient (Wildman–Crippen LogP) is -0.0767. The molecule has 6 heteroatoms. The van der Waals surface area contributed by atoms with Gasteiger partial charge in [-0.2, -0.15) is 0 Å². The minimum Gasteiger partial charge on any atom is -0.503 e. The van der Waals surface area contributed by atoms with Gasteiger partial charge in [-0.25, -0.2) is 4.98 Å². The van der Waals surface area contributed by atoms with Crippen molar-refractivity contribution in [1.82, 2.24) is 14.1 Å². The molecule has 2 N–H and O–H groups in total. The number of fused-ring (bicyclic) bond motifs is 3. The molecule has 0 radical (unpaired) electrons. The number of aromatic hydroxyl groups is 1. The lowest BCUT2D eigenvalue weighted by atomic mass is 10.2. The van der Waals surface area contributed by atoms with E-state index in [1.54, 1.807) is 17.0 Å². The minimum absolute atomic E-state index is 0.106. The van der Waals surface area contributed by atoms with Gasteiger partial charge in [0.25, 0.3) is 0 Å². The van der Waals surface area contributed by atoms with E-state index in [1.807, 2.05) is 4.57 Å². The van der Waals surface area contributed by atoms with E-state index < -0.39 is 5.43 Å². The molecule has 0 fully saturated rings. The smallest absolute Gasteiger partial charge is 0.223 e. The number of aryl methyl sites for hydroxylation is 1. The Morgan fingerprint density at radius 1 is 1.41 bits per heavy atom. The number of pyridine rings is 1. The maximum absolute atomic E-state index is 11.4. The number of hydrogen-bond donors (Lipinski definition) is 2. The maximum atomic E-state index is 11.4. The summed E-state index contributed by atoms with van der Waals surface area (Å²) in [6.07, 6.45) is 3.20. The van der Waals surface area contributed by atoms with E-state index in [4.69, 9.17) is 5.11 Å². The first-order valence-electron chi connectivity index (χ1n) is 5.30. The molecular formula is C11H11N3O3. The summed E-state index contributed by atoms with van der Waals surface area (Å²) in [5, 5.41) is 19.0. The maximum Gasteiger partial charge on any atom is 0.223 e. The zero-order chi connectivity index (χ0) is 12.0. The van der Waals surface area contributed by atoms with Crippen molar-refractivity contribution >= 4 is 0 Å². The van der Waals surface area contributed by atoms with E-state index in [0.29, 0.717) is 30.3 Å². The van der Waals surface area contributed by atoms with Gasteiger partial charge in [-0.1, -0.05) is 0 Å². The number of rotatable bonds is 1. The molecule has 2 aromatic rings. The molecule has 0 amide bonds. The van der Waals surface area contributed by atoms with Gasteiger partial charge in [0, 0.05) is 25.4 Å². The molecule has 0 saturated heterocycles. The van der Waals surface area contributed by atoms with Gasteiger partial charge < -0.3 is 19.3 Å². The van der Waals surface area contributed by atoms with Crippen molar-refractivity contribution in [2.75, 3.05) is 0 Å². The van der Waals surface area contributed by atoms with E-state index in [-0.39, 0.29) is 12.4 Å². The third-order valence-corrected chi connectivity index (χ3v) is 3.03. The standard InChI is InChI=1S/C11H11N3O3/c15-6-7-5-12-11-9-10(17)8(16)1-2-13(9)3-4-14(7)11/h1-2,5,15,17H,3-4,6H2. The average molecular weight is 233 g/mol. The van der Waals surface area contributed by atoms with Gasteiger partial charge in [0.15, 0.2) is 11.6 Å². The first kappa shape index (κ1) is 10.1. The second-order valence-electron chi connectivity index (χ2n) is 3.95. The molecule has 17 heavy (non-hydrogen) atoms. The van der Waals surface area contributed by atoms with Crippen molar-refractivity contribution in [3.8, 4) is 17.3 Å². The van der Waals surface area contributed by atoms with Crippen LogP contribution in [0.3, 0.4) is 0 Å². The van der Waals surface area contributed by atoms with Crippen molar-refractivity contribution < 1.29 is 10.2 Å². The topological polar surface area (TPSA) is 80.3 Å². The van der Waals surface area contributed by atoms with Crippen molar-refractivity contribution in [3.05, 3.63) is 34.4 Å².